The highest BCUT2D eigenvalue weighted by atomic mass is 35.5. The first-order valence-corrected chi connectivity index (χ1v) is 12.9. The van der Waals surface area contributed by atoms with E-state index in [-0.39, 0.29) is 29.4 Å². The molecule has 0 saturated carbocycles. The Labute approximate surface area is 195 Å². The third-order valence-electron chi connectivity index (χ3n) is 4.91. The summed E-state index contributed by atoms with van der Waals surface area (Å²) in [6.07, 6.45) is 3.82. The number of halogens is 1. The number of para-hydroxylation sites is 1. The minimum atomic E-state index is -3.44. The van der Waals surface area contributed by atoms with Crippen LogP contribution in [0.3, 0.4) is 0 Å². The van der Waals surface area contributed by atoms with Gasteiger partial charge < -0.3 is 0 Å². The second-order valence-corrected chi connectivity index (χ2v) is 10.7. The highest BCUT2D eigenvalue weighted by Gasteiger charge is 2.22. The van der Waals surface area contributed by atoms with E-state index in [2.05, 4.69) is 10.1 Å². The molecule has 0 unspecified atom stereocenters. The quantitative estimate of drug-likeness (QED) is 0.348. The first-order chi connectivity index (χ1) is 15.4. The third-order valence-corrected chi connectivity index (χ3v) is 8.07. The number of sulfone groups is 1. The zero-order valence-corrected chi connectivity index (χ0v) is 19.5. The third kappa shape index (κ3) is 5.17. The number of anilines is 1. The van der Waals surface area contributed by atoms with Crippen molar-refractivity contribution < 1.29 is 13.2 Å². The van der Waals surface area contributed by atoms with Gasteiger partial charge in [0.25, 0.3) is 0 Å². The molecule has 2 heterocycles. The number of hydrogen-bond donors (Lipinski definition) is 0. The van der Waals surface area contributed by atoms with Crippen molar-refractivity contribution in [1.82, 2.24) is 14.8 Å². The molecule has 0 atom stereocenters. The number of carbonyl (C=O) groups is 1. The number of hydrogen-bond acceptors (Lipinski definition) is 6. The minimum absolute atomic E-state index is 0.0921. The molecule has 0 fully saturated rings. The largest absolute Gasteiger partial charge is 0.286 e. The summed E-state index contributed by atoms with van der Waals surface area (Å²) < 4.78 is 27.7. The van der Waals surface area contributed by atoms with Gasteiger partial charge in [0.15, 0.2) is 15.0 Å². The Morgan fingerprint density at radius 2 is 1.91 bits per heavy atom. The van der Waals surface area contributed by atoms with Gasteiger partial charge in [0.2, 0.25) is 5.91 Å². The van der Waals surface area contributed by atoms with E-state index in [1.807, 2.05) is 24.4 Å². The number of thiazole rings is 1. The van der Waals surface area contributed by atoms with Gasteiger partial charge in [-0.1, -0.05) is 47.2 Å². The highest BCUT2D eigenvalue weighted by Crippen LogP contribution is 2.33. The van der Waals surface area contributed by atoms with Crippen LogP contribution in [0.25, 0.3) is 10.2 Å². The van der Waals surface area contributed by atoms with Gasteiger partial charge in [-0.3, -0.25) is 14.4 Å². The Balaban J connectivity index is 1.49. The Kier molecular flexibility index (Phi) is 6.88. The Bertz CT molecular complexity index is 1310. The lowest BCUT2D eigenvalue weighted by Gasteiger charge is -2.20. The van der Waals surface area contributed by atoms with Gasteiger partial charge in [-0.2, -0.15) is 5.10 Å². The summed E-state index contributed by atoms with van der Waals surface area (Å²) in [5.74, 6) is -0.280. The first-order valence-electron chi connectivity index (χ1n) is 10.0. The summed E-state index contributed by atoms with van der Waals surface area (Å²) in [7, 11) is -3.44. The van der Waals surface area contributed by atoms with Crippen molar-refractivity contribution in [2.24, 2.45) is 0 Å². The van der Waals surface area contributed by atoms with Gasteiger partial charge in [-0.25, -0.2) is 13.4 Å². The lowest BCUT2D eigenvalue weighted by molar-refractivity contribution is -0.118. The van der Waals surface area contributed by atoms with Gasteiger partial charge in [0.1, 0.15) is 5.52 Å². The van der Waals surface area contributed by atoms with Crippen LogP contribution in [0.4, 0.5) is 5.13 Å². The molecule has 0 saturated heterocycles. The van der Waals surface area contributed by atoms with Crippen LogP contribution in [0, 0.1) is 0 Å². The lowest BCUT2D eigenvalue weighted by atomic mass is 10.3. The zero-order valence-electron chi connectivity index (χ0n) is 17.1. The molecule has 4 aromatic rings. The van der Waals surface area contributed by atoms with Crippen molar-refractivity contribution >= 4 is 54.0 Å². The van der Waals surface area contributed by atoms with Crippen LogP contribution in [0.15, 0.2) is 71.9 Å². The second kappa shape index (κ2) is 9.81. The topological polar surface area (TPSA) is 85.2 Å². The fourth-order valence-electron chi connectivity index (χ4n) is 3.27. The second-order valence-electron chi connectivity index (χ2n) is 7.13. The van der Waals surface area contributed by atoms with Crippen LogP contribution in [-0.4, -0.2) is 41.4 Å². The van der Waals surface area contributed by atoms with Gasteiger partial charge in [0.05, 0.1) is 26.9 Å². The number of amides is 1. The maximum absolute atomic E-state index is 13.1. The van der Waals surface area contributed by atoms with E-state index in [1.54, 1.807) is 52.2 Å². The Morgan fingerprint density at radius 3 is 2.62 bits per heavy atom. The predicted molar refractivity (Wildman–Crippen MR) is 127 cm³/mol. The molecule has 0 bridgehead atoms. The van der Waals surface area contributed by atoms with E-state index in [0.29, 0.717) is 28.8 Å². The molecule has 32 heavy (non-hydrogen) atoms. The van der Waals surface area contributed by atoms with Crippen LogP contribution < -0.4 is 4.90 Å². The molecular formula is C22H21ClN4O3S2. The number of nitrogens with zero attached hydrogens (tertiary/aromatic N) is 4. The molecule has 2 aromatic carbocycles. The maximum atomic E-state index is 13.1. The fraction of sp³-hybridized carbons (Fsp3) is 0.227. The Hall–Kier alpha value is -2.75. The van der Waals surface area contributed by atoms with Crippen LogP contribution in [0.5, 0.6) is 0 Å². The van der Waals surface area contributed by atoms with E-state index < -0.39 is 9.84 Å². The molecule has 166 valence electrons. The molecule has 0 spiro atoms. The summed E-state index contributed by atoms with van der Waals surface area (Å²) >= 11 is 7.65. The predicted octanol–water partition coefficient (Wildman–Crippen LogP) is 4.43. The number of aromatic nitrogens is 3. The van der Waals surface area contributed by atoms with E-state index in [1.165, 1.54) is 11.3 Å². The normalized spacial score (nSPS) is 11.7. The Morgan fingerprint density at radius 1 is 1.09 bits per heavy atom. The van der Waals surface area contributed by atoms with E-state index in [0.717, 1.165) is 4.70 Å². The van der Waals surface area contributed by atoms with Crippen molar-refractivity contribution in [2.45, 2.75) is 24.3 Å². The molecule has 10 heteroatoms. The highest BCUT2D eigenvalue weighted by molar-refractivity contribution is 7.91. The van der Waals surface area contributed by atoms with Crippen LogP contribution in [0.1, 0.15) is 12.8 Å². The minimum Gasteiger partial charge on any atom is -0.286 e. The lowest BCUT2D eigenvalue weighted by Crippen LogP contribution is -2.34. The number of benzene rings is 2. The van der Waals surface area contributed by atoms with Crippen molar-refractivity contribution in [2.75, 3.05) is 17.2 Å². The first kappa shape index (κ1) is 22.4. The molecule has 0 aliphatic heterocycles. The summed E-state index contributed by atoms with van der Waals surface area (Å²) in [5, 5.41) is 5.25. The fourth-order valence-corrected chi connectivity index (χ4v) is 5.92. The molecule has 0 radical (unpaired) electrons. The number of rotatable bonds is 9. The number of carbonyl (C=O) groups excluding carboxylic acids is 1. The molecule has 2 aromatic heterocycles. The maximum Gasteiger partial charge on any atom is 0.228 e. The van der Waals surface area contributed by atoms with Gasteiger partial charge >= 0.3 is 0 Å². The molecule has 1 amide bonds. The summed E-state index contributed by atoms with van der Waals surface area (Å²) in [5.41, 5.74) is 0.651. The molecule has 4 rings (SSSR count). The smallest absolute Gasteiger partial charge is 0.228 e. The van der Waals surface area contributed by atoms with Crippen molar-refractivity contribution in [3.05, 3.63) is 72.0 Å². The number of fused-ring (bicyclic) bond motifs is 1. The molecule has 0 N–H and O–H groups in total. The average molecular weight is 489 g/mol. The summed E-state index contributed by atoms with van der Waals surface area (Å²) in [4.78, 5) is 19.6. The van der Waals surface area contributed by atoms with Crippen LogP contribution in [0.2, 0.25) is 5.02 Å². The van der Waals surface area contributed by atoms with Crippen molar-refractivity contribution in [3.63, 3.8) is 0 Å². The van der Waals surface area contributed by atoms with Gasteiger partial charge in [-0.15, -0.1) is 0 Å². The summed E-state index contributed by atoms with van der Waals surface area (Å²) in [6.45, 7) is 0.855. The molecular weight excluding hydrogens is 468 g/mol. The molecule has 7 nitrogen and oxygen atoms in total. The van der Waals surface area contributed by atoms with E-state index >= 15 is 0 Å². The SMILES string of the molecule is O=C(CCCS(=O)(=O)c1ccccc1)N(CCn1cccn1)c1nc2c(Cl)cccc2s1. The molecule has 0 aliphatic carbocycles. The monoisotopic (exact) mass is 488 g/mol. The van der Waals surface area contributed by atoms with Gasteiger partial charge in [-0.05, 0) is 36.8 Å². The molecule has 0 aliphatic rings. The van der Waals surface area contributed by atoms with Crippen LogP contribution >= 0.6 is 22.9 Å². The van der Waals surface area contributed by atoms with E-state index in [9.17, 15) is 13.2 Å². The van der Waals surface area contributed by atoms with Gasteiger partial charge in [0, 0.05) is 25.4 Å². The van der Waals surface area contributed by atoms with Crippen LogP contribution in [-0.2, 0) is 21.2 Å². The standard InChI is InChI=1S/C22H21ClN4O3S2/c23-18-9-4-10-19-21(18)25-22(31-19)27(15-14-26-13-6-12-24-26)20(28)11-5-16-32(29,30)17-7-2-1-3-8-17/h1-4,6-10,12-13H,5,11,14-16H2. The van der Waals surface area contributed by atoms with Crippen molar-refractivity contribution in [1.29, 1.82) is 0 Å². The van der Waals surface area contributed by atoms with E-state index in [4.69, 9.17) is 11.6 Å². The van der Waals surface area contributed by atoms with Crippen molar-refractivity contribution in [3.8, 4) is 0 Å². The average Bonchev–Trinajstić information content (AvgIpc) is 3.45. The zero-order chi connectivity index (χ0) is 22.6. The summed E-state index contributed by atoms with van der Waals surface area (Å²) in [6, 6.07) is 15.6.